The Kier molecular flexibility index (Phi) is 2.82. The lowest BCUT2D eigenvalue weighted by molar-refractivity contribution is 0.0350. The highest BCUT2D eigenvalue weighted by molar-refractivity contribution is 5.96. The van der Waals surface area contributed by atoms with E-state index in [-0.39, 0.29) is 18.2 Å². The summed E-state index contributed by atoms with van der Waals surface area (Å²) in [5.74, 6) is 0.313. The molecule has 0 spiro atoms. The van der Waals surface area contributed by atoms with Gasteiger partial charge in [-0.3, -0.25) is 4.79 Å². The van der Waals surface area contributed by atoms with Gasteiger partial charge in [-0.25, -0.2) is 0 Å². The van der Waals surface area contributed by atoms with Crippen LogP contribution >= 0.6 is 0 Å². The topological polar surface area (TPSA) is 62.5 Å². The van der Waals surface area contributed by atoms with E-state index in [1.165, 1.54) is 0 Å². The van der Waals surface area contributed by atoms with Crippen molar-refractivity contribution >= 4 is 16.9 Å². The van der Waals surface area contributed by atoms with E-state index in [1.54, 1.807) is 13.0 Å². The fourth-order valence-corrected chi connectivity index (χ4v) is 2.29. The first-order valence-corrected chi connectivity index (χ1v) is 6.55. The maximum Gasteiger partial charge on any atom is 0.287 e. The number of para-hydroxylation sites is 1. The number of nitrogens with one attached hydrogen (secondary N) is 1. The minimum atomic E-state index is -0.818. The summed E-state index contributed by atoms with van der Waals surface area (Å²) < 4.78 is 5.48. The van der Waals surface area contributed by atoms with E-state index in [0.29, 0.717) is 11.5 Å². The molecule has 2 aromatic rings. The second-order valence-corrected chi connectivity index (χ2v) is 5.46. The standard InChI is InChI=1S/C15H17NO3/c1-15(18,11-6-7-11)9-16-14(17)13-8-10-4-2-3-5-12(10)19-13/h2-5,8,11,18H,6-7,9H2,1H3,(H,16,17)/t15-/m1/s1. The molecule has 4 nitrogen and oxygen atoms in total. The minimum Gasteiger partial charge on any atom is -0.451 e. The Hall–Kier alpha value is -1.81. The molecular formula is C15H17NO3. The zero-order valence-electron chi connectivity index (χ0n) is 10.8. The zero-order valence-corrected chi connectivity index (χ0v) is 10.8. The van der Waals surface area contributed by atoms with Crippen LogP contribution in [0.15, 0.2) is 34.7 Å². The number of amides is 1. The number of rotatable bonds is 4. The molecule has 1 aliphatic carbocycles. The third kappa shape index (κ3) is 2.49. The van der Waals surface area contributed by atoms with Gasteiger partial charge in [-0.15, -0.1) is 0 Å². The van der Waals surface area contributed by atoms with Gasteiger partial charge in [0.15, 0.2) is 5.76 Å². The predicted octanol–water partition coefficient (Wildman–Crippen LogP) is 2.32. The van der Waals surface area contributed by atoms with Crippen LogP contribution in [0, 0.1) is 5.92 Å². The molecule has 1 aromatic heterocycles. The van der Waals surface area contributed by atoms with Crippen molar-refractivity contribution in [1.29, 1.82) is 0 Å². The van der Waals surface area contributed by atoms with Crippen LogP contribution in [0.1, 0.15) is 30.3 Å². The lowest BCUT2D eigenvalue weighted by Gasteiger charge is -2.22. The molecule has 19 heavy (non-hydrogen) atoms. The van der Waals surface area contributed by atoms with Crippen LogP contribution in [0.2, 0.25) is 0 Å². The third-order valence-electron chi connectivity index (χ3n) is 3.71. The van der Waals surface area contributed by atoms with Crippen LogP contribution < -0.4 is 5.32 Å². The molecule has 1 atom stereocenters. The number of hydrogen-bond donors (Lipinski definition) is 2. The number of fused-ring (bicyclic) bond motifs is 1. The molecule has 1 heterocycles. The fraction of sp³-hybridized carbons (Fsp3) is 0.400. The lowest BCUT2D eigenvalue weighted by Crippen LogP contribution is -2.42. The summed E-state index contributed by atoms with van der Waals surface area (Å²) in [6, 6.07) is 9.21. The van der Waals surface area contributed by atoms with E-state index in [4.69, 9.17) is 4.42 Å². The average Bonchev–Trinajstić information content (AvgIpc) is 3.16. The molecule has 4 heteroatoms. The van der Waals surface area contributed by atoms with Gasteiger partial charge in [0.25, 0.3) is 5.91 Å². The Labute approximate surface area is 111 Å². The Morgan fingerprint density at radius 2 is 2.21 bits per heavy atom. The van der Waals surface area contributed by atoms with Crippen molar-refractivity contribution in [3.63, 3.8) is 0 Å². The van der Waals surface area contributed by atoms with Gasteiger partial charge in [-0.1, -0.05) is 18.2 Å². The van der Waals surface area contributed by atoms with Crippen molar-refractivity contribution in [2.45, 2.75) is 25.4 Å². The van der Waals surface area contributed by atoms with Crippen molar-refractivity contribution < 1.29 is 14.3 Å². The molecule has 0 unspecified atom stereocenters. The van der Waals surface area contributed by atoms with Crippen molar-refractivity contribution in [2.24, 2.45) is 5.92 Å². The first-order valence-electron chi connectivity index (χ1n) is 6.55. The molecule has 1 aliphatic rings. The highest BCUT2D eigenvalue weighted by atomic mass is 16.3. The van der Waals surface area contributed by atoms with E-state index >= 15 is 0 Å². The first-order chi connectivity index (χ1) is 9.06. The summed E-state index contributed by atoms with van der Waals surface area (Å²) in [6.07, 6.45) is 2.07. The summed E-state index contributed by atoms with van der Waals surface area (Å²) in [5.41, 5.74) is -0.122. The van der Waals surface area contributed by atoms with Gasteiger partial charge < -0.3 is 14.8 Å². The van der Waals surface area contributed by atoms with Gasteiger partial charge in [0.2, 0.25) is 0 Å². The molecule has 2 N–H and O–H groups in total. The quantitative estimate of drug-likeness (QED) is 0.885. The van der Waals surface area contributed by atoms with Gasteiger partial charge in [0.05, 0.1) is 5.60 Å². The Morgan fingerprint density at radius 3 is 2.89 bits per heavy atom. The van der Waals surface area contributed by atoms with E-state index in [0.717, 1.165) is 18.2 Å². The Morgan fingerprint density at radius 1 is 1.47 bits per heavy atom. The van der Waals surface area contributed by atoms with E-state index in [2.05, 4.69) is 5.32 Å². The normalized spacial score (nSPS) is 18.2. The van der Waals surface area contributed by atoms with Gasteiger partial charge in [0.1, 0.15) is 5.58 Å². The van der Waals surface area contributed by atoms with Crippen molar-refractivity contribution in [3.05, 3.63) is 36.1 Å². The second-order valence-electron chi connectivity index (χ2n) is 5.46. The molecule has 3 rings (SSSR count). The van der Waals surface area contributed by atoms with Gasteiger partial charge in [0, 0.05) is 11.9 Å². The highest BCUT2D eigenvalue weighted by Crippen LogP contribution is 2.39. The number of benzene rings is 1. The van der Waals surface area contributed by atoms with Crippen LogP contribution in [0.5, 0.6) is 0 Å². The van der Waals surface area contributed by atoms with Gasteiger partial charge >= 0.3 is 0 Å². The smallest absolute Gasteiger partial charge is 0.287 e. The number of carbonyl (C=O) groups is 1. The molecule has 0 saturated heterocycles. The van der Waals surface area contributed by atoms with Crippen LogP contribution in [-0.4, -0.2) is 23.2 Å². The summed E-state index contributed by atoms with van der Waals surface area (Å²) in [5, 5.41) is 13.8. The maximum absolute atomic E-state index is 12.0. The Bertz CT molecular complexity index is 578. The number of hydrogen-bond acceptors (Lipinski definition) is 3. The molecule has 0 radical (unpaired) electrons. The molecule has 1 saturated carbocycles. The fourth-order valence-electron chi connectivity index (χ4n) is 2.29. The van der Waals surface area contributed by atoms with Crippen molar-refractivity contribution in [3.8, 4) is 0 Å². The molecule has 1 amide bonds. The average molecular weight is 259 g/mol. The zero-order chi connectivity index (χ0) is 13.5. The molecule has 100 valence electrons. The molecule has 1 aromatic carbocycles. The van der Waals surface area contributed by atoms with Crippen LogP contribution in [0.4, 0.5) is 0 Å². The van der Waals surface area contributed by atoms with E-state index in [1.807, 2.05) is 24.3 Å². The van der Waals surface area contributed by atoms with Gasteiger partial charge in [-0.05, 0) is 37.8 Å². The summed E-state index contributed by atoms with van der Waals surface area (Å²) in [6.45, 7) is 2.02. The number of aliphatic hydroxyl groups is 1. The van der Waals surface area contributed by atoms with Crippen molar-refractivity contribution in [2.75, 3.05) is 6.54 Å². The van der Waals surface area contributed by atoms with Crippen molar-refractivity contribution in [1.82, 2.24) is 5.32 Å². The summed E-state index contributed by atoms with van der Waals surface area (Å²) >= 11 is 0. The van der Waals surface area contributed by atoms with E-state index in [9.17, 15) is 9.90 Å². The van der Waals surface area contributed by atoms with Crippen LogP contribution in [0.3, 0.4) is 0 Å². The molecule has 0 bridgehead atoms. The predicted molar refractivity (Wildman–Crippen MR) is 71.9 cm³/mol. The lowest BCUT2D eigenvalue weighted by atomic mass is 10.0. The monoisotopic (exact) mass is 259 g/mol. The van der Waals surface area contributed by atoms with E-state index < -0.39 is 5.60 Å². The maximum atomic E-state index is 12.0. The number of carbonyl (C=O) groups excluding carboxylic acids is 1. The second kappa shape index (κ2) is 4.38. The highest BCUT2D eigenvalue weighted by Gasteiger charge is 2.40. The first kappa shape index (κ1) is 12.2. The molecule has 0 aliphatic heterocycles. The Balaban J connectivity index is 1.69. The molecule has 1 fully saturated rings. The third-order valence-corrected chi connectivity index (χ3v) is 3.71. The SMILES string of the molecule is C[C@@](O)(CNC(=O)c1cc2ccccc2o1)C1CC1. The van der Waals surface area contributed by atoms with Gasteiger partial charge in [-0.2, -0.15) is 0 Å². The minimum absolute atomic E-state index is 0.257. The summed E-state index contributed by atoms with van der Waals surface area (Å²) in [7, 11) is 0. The van der Waals surface area contributed by atoms with Crippen LogP contribution in [-0.2, 0) is 0 Å². The summed E-state index contributed by atoms with van der Waals surface area (Å²) in [4.78, 5) is 12.0. The largest absolute Gasteiger partial charge is 0.451 e. The number of furan rings is 1. The van der Waals surface area contributed by atoms with Crippen LogP contribution in [0.25, 0.3) is 11.0 Å². The molecular weight excluding hydrogens is 242 g/mol.